The summed E-state index contributed by atoms with van der Waals surface area (Å²) < 4.78 is 0. The Morgan fingerprint density at radius 3 is 2.91 bits per heavy atom. The zero-order chi connectivity index (χ0) is 15.8. The van der Waals surface area contributed by atoms with Crippen molar-refractivity contribution in [3.63, 3.8) is 0 Å². The SMILES string of the molecule is CC1CCC(C2C=C3N=C(C4CCCN(C)C4)SC3CC2)=NC1. The first-order valence-corrected chi connectivity index (χ1v) is 10.3. The van der Waals surface area contributed by atoms with Gasteiger partial charge in [-0.2, -0.15) is 0 Å². The molecule has 23 heavy (non-hydrogen) atoms. The van der Waals surface area contributed by atoms with Gasteiger partial charge in [-0.1, -0.05) is 13.0 Å². The van der Waals surface area contributed by atoms with Crippen LogP contribution >= 0.6 is 11.8 Å². The lowest BCUT2D eigenvalue weighted by atomic mass is 9.85. The van der Waals surface area contributed by atoms with Crippen molar-refractivity contribution in [1.82, 2.24) is 4.90 Å². The van der Waals surface area contributed by atoms with Gasteiger partial charge in [0.05, 0.1) is 16.0 Å². The molecular weight excluding hydrogens is 302 g/mol. The highest BCUT2D eigenvalue weighted by Crippen LogP contribution is 2.42. The monoisotopic (exact) mass is 331 g/mol. The van der Waals surface area contributed by atoms with Crippen LogP contribution in [0.25, 0.3) is 0 Å². The second-order valence-electron chi connectivity index (χ2n) is 7.91. The van der Waals surface area contributed by atoms with Crippen LogP contribution in [0.4, 0.5) is 0 Å². The lowest BCUT2D eigenvalue weighted by molar-refractivity contribution is 0.248. The molecule has 4 atom stereocenters. The van der Waals surface area contributed by atoms with Crippen molar-refractivity contribution < 1.29 is 0 Å². The number of nitrogens with zero attached hydrogens (tertiary/aromatic N) is 3. The predicted octanol–water partition coefficient (Wildman–Crippen LogP) is 4.01. The molecule has 0 saturated carbocycles. The summed E-state index contributed by atoms with van der Waals surface area (Å²) in [6.07, 6.45) is 10.2. The molecule has 0 bridgehead atoms. The molecule has 3 nitrogen and oxygen atoms in total. The van der Waals surface area contributed by atoms with Crippen LogP contribution in [0.3, 0.4) is 0 Å². The van der Waals surface area contributed by atoms with Gasteiger partial charge in [-0.05, 0) is 58.0 Å². The number of hydrogen-bond acceptors (Lipinski definition) is 4. The number of rotatable bonds is 2. The van der Waals surface area contributed by atoms with Crippen LogP contribution < -0.4 is 0 Å². The van der Waals surface area contributed by atoms with E-state index in [2.05, 4.69) is 36.7 Å². The summed E-state index contributed by atoms with van der Waals surface area (Å²) in [7, 11) is 2.25. The van der Waals surface area contributed by atoms with Crippen LogP contribution in [0.2, 0.25) is 0 Å². The Morgan fingerprint density at radius 1 is 1.22 bits per heavy atom. The van der Waals surface area contributed by atoms with Crippen LogP contribution in [0, 0.1) is 17.8 Å². The molecular formula is C19H29N3S. The first-order valence-electron chi connectivity index (χ1n) is 9.37. The summed E-state index contributed by atoms with van der Waals surface area (Å²) in [5.41, 5.74) is 2.83. The van der Waals surface area contributed by atoms with Crippen molar-refractivity contribution in [3.8, 4) is 0 Å². The van der Waals surface area contributed by atoms with E-state index in [1.165, 1.54) is 68.1 Å². The van der Waals surface area contributed by atoms with Crippen LogP contribution in [-0.4, -0.2) is 47.6 Å². The molecule has 0 aromatic heterocycles. The highest BCUT2D eigenvalue weighted by atomic mass is 32.2. The summed E-state index contributed by atoms with van der Waals surface area (Å²) in [5, 5.41) is 2.06. The van der Waals surface area contributed by atoms with Gasteiger partial charge in [-0.15, -0.1) is 11.8 Å². The van der Waals surface area contributed by atoms with Crippen molar-refractivity contribution in [2.24, 2.45) is 27.7 Å². The molecule has 4 heteroatoms. The van der Waals surface area contributed by atoms with Crippen molar-refractivity contribution in [1.29, 1.82) is 0 Å². The predicted molar refractivity (Wildman–Crippen MR) is 101 cm³/mol. The van der Waals surface area contributed by atoms with Crippen LogP contribution in [0.5, 0.6) is 0 Å². The van der Waals surface area contributed by atoms with Crippen LogP contribution in [-0.2, 0) is 0 Å². The highest BCUT2D eigenvalue weighted by molar-refractivity contribution is 8.15. The van der Waals surface area contributed by atoms with E-state index in [9.17, 15) is 0 Å². The quantitative estimate of drug-likeness (QED) is 0.765. The van der Waals surface area contributed by atoms with Crippen molar-refractivity contribution in [2.75, 3.05) is 26.7 Å². The summed E-state index contributed by atoms with van der Waals surface area (Å²) in [6.45, 7) is 5.80. The minimum atomic E-state index is 0.575. The van der Waals surface area contributed by atoms with Gasteiger partial charge in [-0.25, -0.2) is 4.99 Å². The summed E-state index contributed by atoms with van der Waals surface area (Å²) >= 11 is 2.07. The fourth-order valence-corrected chi connectivity index (χ4v) is 5.70. The molecule has 1 saturated heterocycles. The van der Waals surface area contributed by atoms with Gasteiger partial charge in [-0.3, -0.25) is 4.99 Å². The molecule has 0 aromatic rings. The fourth-order valence-electron chi connectivity index (χ4n) is 4.36. The normalized spacial score (nSPS) is 38.6. The van der Waals surface area contributed by atoms with Crippen molar-refractivity contribution in [3.05, 3.63) is 11.8 Å². The zero-order valence-corrected chi connectivity index (χ0v) is 15.3. The maximum Gasteiger partial charge on any atom is 0.0785 e. The Bertz CT molecular complexity index is 551. The molecule has 126 valence electrons. The highest BCUT2D eigenvalue weighted by Gasteiger charge is 2.35. The number of hydrogen-bond donors (Lipinski definition) is 0. The molecule has 0 spiro atoms. The molecule has 4 unspecified atom stereocenters. The van der Waals surface area contributed by atoms with E-state index in [1.54, 1.807) is 0 Å². The maximum absolute atomic E-state index is 5.09. The van der Waals surface area contributed by atoms with Crippen molar-refractivity contribution in [2.45, 2.75) is 50.7 Å². The number of fused-ring (bicyclic) bond motifs is 1. The maximum atomic E-state index is 5.09. The topological polar surface area (TPSA) is 28.0 Å². The van der Waals surface area contributed by atoms with E-state index in [-0.39, 0.29) is 0 Å². The summed E-state index contributed by atoms with van der Waals surface area (Å²) in [6, 6.07) is 0. The molecule has 3 aliphatic heterocycles. The molecule has 1 aliphatic carbocycles. The van der Waals surface area contributed by atoms with E-state index in [1.807, 2.05) is 0 Å². The lowest BCUT2D eigenvalue weighted by Crippen LogP contribution is -2.34. The first kappa shape index (κ1) is 15.9. The molecule has 4 aliphatic rings. The summed E-state index contributed by atoms with van der Waals surface area (Å²) in [5.74, 6) is 2.03. The van der Waals surface area contributed by atoms with Gasteiger partial charge in [0.1, 0.15) is 0 Å². The largest absolute Gasteiger partial charge is 0.306 e. The first-order chi connectivity index (χ1) is 11.2. The van der Waals surface area contributed by atoms with Gasteiger partial charge in [0.25, 0.3) is 0 Å². The van der Waals surface area contributed by atoms with E-state index < -0.39 is 0 Å². The van der Waals surface area contributed by atoms with Gasteiger partial charge >= 0.3 is 0 Å². The number of thioether (sulfide) groups is 1. The Labute approximate surface area is 144 Å². The Morgan fingerprint density at radius 2 is 2.13 bits per heavy atom. The Balaban J connectivity index is 1.48. The molecule has 0 radical (unpaired) electrons. The van der Waals surface area contributed by atoms with Crippen LogP contribution in [0.1, 0.15) is 45.4 Å². The molecule has 0 aromatic carbocycles. The van der Waals surface area contributed by atoms with E-state index in [4.69, 9.17) is 9.98 Å². The molecule has 0 N–H and O–H groups in total. The van der Waals surface area contributed by atoms with Gasteiger partial charge in [0.15, 0.2) is 0 Å². The average Bonchev–Trinajstić information content (AvgIpc) is 2.99. The van der Waals surface area contributed by atoms with E-state index in [0.717, 1.165) is 12.5 Å². The third-order valence-electron chi connectivity index (χ3n) is 5.85. The summed E-state index contributed by atoms with van der Waals surface area (Å²) in [4.78, 5) is 12.4. The number of piperidine rings is 1. The molecule has 1 fully saturated rings. The number of likely N-dealkylation sites (tertiary alicyclic amines) is 1. The van der Waals surface area contributed by atoms with Gasteiger partial charge in [0, 0.05) is 30.6 Å². The number of aliphatic imine (C=N–C) groups is 2. The minimum absolute atomic E-state index is 0.575. The third-order valence-corrected chi connectivity index (χ3v) is 7.27. The zero-order valence-electron chi connectivity index (χ0n) is 14.5. The second kappa shape index (κ2) is 6.72. The van der Waals surface area contributed by atoms with Crippen molar-refractivity contribution >= 4 is 22.5 Å². The Kier molecular flexibility index (Phi) is 4.64. The minimum Gasteiger partial charge on any atom is -0.306 e. The number of allylic oxidation sites excluding steroid dienone is 1. The fraction of sp³-hybridized carbons (Fsp3) is 0.789. The standard InChI is InChI=1S/C19H29N3S/c1-13-5-7-16(20-11-13)14-6-8-18-17(10-14)21-19(23-18)15-4-3-9-22(2)12-15/h10,13-15,18H,3-9,11-12H2,1-2H3. The van der Waals surface area contributed by atoms with Gasteiger partial charge in [0.2, 0.25) is 0 Å². The molecule has 4 rings (SSSR count). The molecule has 0 amide bonds. The van der Waals surface area contributed by atoms with E-state index in [0.29, 0.717) is 17.1 Å². The third kappa shape index (κ3) is 3.43. The molecule has 3 heterocycles. The van der Waals surface area contributed by atoms with Crippen LogP contribution in [0.15, 0.2) is 21.8 Å². The lowest BCUT2D eigenvalue weighted by Gasteiger charge is -2.29. The Hall–Kier alpha value is -0.610. The second-order valence-corrected chi connectivity index (χ2v) is 9.13. The van der Waals surface area contributed by atoms with E-state index >= 15 is 0 Å². The smallest absolute Gasteiger partial charge is 0.0785 e. The average molecular weight is 332 g/mol. The van der Waals surface area contributed by atoms with Gasteiger partial charge < -0.3 is 4.90 Å².